The molecular formula is C16H11F3N2OS2. The number of para-hydroxylation sites is 1. The van der Waals surface area contributed by atoms with Crippen LogP contribution in [0.2, 0.25) is 0 Å². The summed E-state index contributed by atoms with van der Waals surface area (Å²) < 4.78 is 38.4. The van der Waals surface area contributed by atoms with E-state index in [1.807, 2.05) is 12.1 Å². The van der Waals surface area contributed by atoms with Gasteiger partial charge in [0.1, 0.15) is 0 Å². The number of hydrogen-bond acceptors (Lipinski definition) is 3. The number of nitrogens with zero attached hydrogens (tertiary/aromatic N) is 1. The lowest BCUT2D eigenvalue weighted by atomic mass is 10.2. The first-order chi connectivity index (χ1) is 11.4. The van der Waals surface area contributed by atoms with Crippen LogP contribution in [0.3, 0.4) is 0 Å². The van der Waals surface area contributed by atoms with E-state index in [1.54, 1.807) is 12.1 Å². The van der Waals surface area contributed by atoms with E-state index in [0.29, 0.717) is 5.69 Å². The largest absolute Gasteiger partial charge is 0.416 e. The van der Waals surface area contributed by atoms with Gasteiger partial charge in [-0.1, -0.05) is 18.2 Å². The van der Waals surface area contributed by atoms with Crippen molar-refractivity contribution in [1.29, 1.82) is 0 Å². The zero-order chi connectivity index (χ0) is 17.3. The van der Waals surface area contributed by atoms with E-state index >= 15 is 0 Å². The maximum Gasteiger partial charge on any atom is 0.416 e. The first-order valence-electron chi connectivity index (χ1n) is 6.89. The average Bonchev–Trinajstić information content (AvgIpc) is 2.54. The zero-order valence-electron chi connectivity index (χ0n) is 12.1. The fourth-order valence-electron chi connectivity index (χ4n) is 2.28. The Morgan fingerprint density at radius 3 is 2.67 bits per heavy atom. The molecule has 2 aromatic carbocycles. The highest BCUT2D eigenvalue weighted by Gasteiger charge is 2.31. The third-order valence-corrected chi connectivity index (χ3v) is 4.68. The first kappa shape index (κ1) is 16.8. The molecule has 0 saturated heterocycles. The lowest BCUT2D eigenvalue weighted by Gasteiger charge is -2.29. The maximum absolute atomic E-state index is 12.8. The second-order valence-corrected chi connectivity index (χ2v) is 6.40. The predicted octanol–water partition coefficient (Wildman–Crippen LogP) is 4.54. The lowest BCUT2D eigenvalue weighted by Crippen LogP contribution is -2.43. The van der Waals surface area contributed by atoms with E-state index in [2.05, 4.69) is 5.32 Å². The Bertz CT molecular complexity index is 808. The Morgan fingerprint density at radius 2 is 1.92 bits per heavy atom. The normalized spacial score (nSPS) is 14.3. The Morgan fingerprint density at radius 1 is 1.17 bits per heavy atom. The summed E-state index contributed by atoms with van der Waals surface area (Å²) in [6.07, 6.45) is -4.44. The summed E-state index contributed by atoms with van der Waals surface area (Å²) in [7, 11) is 0. The number of carbonyl (C=O) groups excluding carboxylic acids is 1. The molecule has 0 saturated carbocycles. The van der Waals surface area contributed by atoms with Crippen LogP contribution < -0.4 is 10.2 Å². The molecule has 1 aliphatic rings. The summed E-state index contributed by atoms with van der Waals surface area (Å²) in [6, 6.07) is 11.9. The number of thiocarbonyl (C=S) groups is 1. The molecule has 0 aromatic heterocycles. The number of carbonyl (C=O) groups is 1. The second kappa shape index (κ2) is 6.45. The number of halogens is 3. The van der Waals surface area contributed by atoms with Crippen LogP contribution in [0.5, 0.6) is 0 Å². The molecule has 124 valence electrons. The van der Waals surface area contributed by atoms with Crippen LogP contribution in [0.4, 0.5) is 24.5 Å². The van der Waals surface area contributed by atoms with Crippen molar-refractivity contribution >= 4 is 46.4 Å². The standard InChI is InChI=1S/C16H11F3N2OS2/c17-16(18,19)10-4-3-5-11(8-10)20-15(23)21-12-6-1-2-7-13(12)24-9-14(21)22/h1-8H,9H2,(H,20,23). The Hall–Kier alpha value is -2.06. The molecule has 0 atom stereocenters. The molecule has 3 nitrogen and oxygen atoms in total. The fraction of sp³-hybridized carbons (Fsp3) is 0.125. The molecule has 0 aliphatic carbocycles. The SMILES string of the molecule is O=C1CSc2ccccc2N1C(=S)Nc1cccc(C(F)(F)F)c1. The third-order valence-electron chi connectivity index (χ3n) is 3.35. The Balaban J connectivity index is 1.87. The summed E-state index contributed by atoms with van der Waals surface area (Å²) in [4.78, 5) is 14.4. The smallest absolute Gasteiger partial charge is 0.332 e. The summed E-state index contributed by atoms with van der Waals surface area (Å²) in [5.74, 6) is 0.00435. The van der Waals surface area contributed by atoms with Crippen LogP contribution in [0, 0.1) is 0 Å². The van der Waals surface area contributed by atoms with Gasteiger partial charge in [0.05, 0.1) is 17.0 Å². The molecule has 1 amide bonds. The van der Waals surface area contributed by atoms with E-state index in [9.17, 15) is 18.0 Å². The topological polar surface area (TPSA) is 32.3 Å². The molecule has 1 N–H and O–H groups in total. The molecule has 24 heavy (non-hydrogen) atoms. The molecule has 8 heteroatoms. The van der Waals surface area contributed by atoms with E-state index in [4.69, 9.17) is 12.2 Å². The highest BCUT2D eigenvalue weighted by atomic mass is 32.2. The van der Waals surface area contributed by atoms with Gasteiger partial charge in [0.15, 0.2) is 5.11 Å². The monoisotopic (exact) mass is 368 g/mol. The van der Waals surface area contributed by atoms with Crippen LogP contribution in [0.1, 0.15) is 5.56 Å². The highest BCUT2D eigenvalue weighted by Crippen LogP contribution is 2.35. The van der Waals surface area contributed by atoms with Crippen molar-refractivity contribution in [3.63, 3.8) is 0 Å². The van der Waals surface area contributed by atoms with Crippen LogP contribution in [-0.4, -0.2) is 16.8 Å². The quantitative estimate of drug-likeness (QED) is 0.749. The summed E-state index contributed by atoms with van der Waals surface area (Å²) in [5.41, 5.74) is 0.0257. The van der Waals surface area contributed by atoms with Crippen molar-refractivity contribution in [2.24, 2.45) is 0 Å². The fourth-order valence-corrected chi connectivity index (χ4v) is 3.49. The molecule has 3 rings (SSSR count). The molecule has 0 fully saturated rings. The summed E-state index contributed by atoms with van der Waals surface area (Å²) >= 11 is 6.65. The minimum Gasteiger partial charge on any atom is -0.332 e. The van der Waals surface area contributed by atoms with Crippen LogP contribution in [0.15, 0.2) is 53.4 Å². The van der Waals surface area contributed by atoms with Gasteiger partial charge in [0, 0.05) is 10.6 Å². The van der Waals surface area contributed by atoms with Crippen molar-refractivity contribution in [3.05, 3.63) is 54.1 Å². The van der Waals surface area contributed by atoms with Crippen LogP contribution >= 0.6 is 24.0 Å². The number of fused-ring (bicyclic) bond motifs is 1. The predicted molar refractivity (Wildman–Crippen MR) is 92.3 cm³/mol. The lowest BCUT2D eigenvalue weighted by molar-refractivity contribution is -0.137. The number of thioether (sulfide) groups is 1. The molecule has 2 aromatic rings. The molecule has 0 bridgehead atoms. The molecule has 0 spiro atoms. The summed E-state index contributed by atoms with van der Waals surface area (Å²) in [5, 5.41) is 2.77. The van der Waals surface area contributed by atoms with Gasteiger partial charge < -0.3 is 5.32 Å². The Labute approximate surface area is 145 Å². The van der Waals surface area contributed by atoms with E-state index < -0.39 is 11.7 Å². The van der Waals surface area contributed by atoms with Crippen molar-refractivity contribution in [3.8, 4) is 0 Å². The van der Waals surface area contributed by atoms with Gasteiger partial charge in [-0.2, -0.15) is 13.2 Å². The molecule has 1 aliphatic heterocycles. The number of benzene rings is 2. The van der Waals surface area contributed by atoms with Gasteiger partial charge in [-0.3, -0.25) is 9.69 Å². The van der Waals surface area contributed by atoms with Crippen molar-refractivity contribution in [2.45, 2.75) is 11.1 Å². The molecule has 1 heterocycles. The van der Waals surface area contributed by atoms with Gasteiger partial charge in [0.25, 0.3) is 0 Å². The minimum atomic E-state index is -4.44. The van der Waals surface area contributed by atoms with Crippen molar-refractivity contribution < 1.29 is 18.0 Å². The molecule has 0 unspecified atom stereocenters. The molecular weight excluding hydrogens is 357 g/mol. The number of amides is 1. The van der Waals surface area contributed by atoms with Gasteiger partial charge in [-0.15, -0.1) is 11.8 Å². The van der Waals surface area contributed by atoms with Gasteiger partial charge in [0.2, 0.25) is 5.91 Å². The van der Waals surface area contributed by atoms with E-state index in [1.165, 1.54) is 28.8 Å². The highest BCUT2D eigenvalue weighted by molar-refractivity contribution is 8.00. The average molecular weight is 368 g/mol. The number of hydrogen-bond donors (Lipinski definition) is 1. The zero-order valence-corrected chi connectivity index (χ0v) is 13.8. The first-order valence-corrected chi connectivity index (χ1v) is 8.28. The second-order valence-electron chi connectivity index (χ2n) is 4.99. The van der Waals surface area contributed by atoms with Crippen LogP contribution in [-0.2, 0) is 11.0 Å². The maximum atomic E-state index is 12.8. The van der Waals surface area contributed by atoms with Gasteiger partial charge >= 0.3 is 6.18 Å². The van der Waals surface area contributed by atoms with Gasteiger partial charge in [-0.25, -0.2) is 0 Å². The number of nitrogens with one attached hydrogen (secondary N) is 1. The van der Waals surface area contributed by atoms with Gasteiger partial charge in [-0.05, 0) is 42.5 Å². The number of rotatable bonds is 1. The van der Waals surface area contributed by atoms with Crippen molar-refractivity contribution in [2.75, 3.05) is 16.0 Å². The van der Waals surface area contributed by atoms with E-state index in [-0.39, 0.29) is 22.5 Å². The summed E-state index contributed by atoms with van der Waals surface area (Å²) in [6.45, 7) is 0. The number of anilines is 2. The van der Waals surface area contributed by atoms with E-state index in [0.717, 1.165) is 17.0 Å². The molecule has 0 radical (unpaired) electrons. The Kier molecular flexibility index (Phi) is 4.51. The van der Waals surface area contributed by atoms with Crippen molar-refractivity contribution in [1.82, 2.24) is 0 Å². The minimum absolute atomic E-state index is 0.0482. The van der Waals surface area contributed by atoms with Crippen LogP contribution in [0.25, 0.3) is 0 Å². The third kappa shape index (κ3) is 3.39. The number of alkyl halides is 3.